The number of carbonyl (C=O) groups is 1. The molecule has 1 aliphatic rings. The third-order valence-electron chi connectivity index (χ3n) is 6.01. The number of amides is 1. The summed E-state index contributed by atoms with van der Waals surface area (Å²) >= 11 is 0. The van der Waals surface area contributed by atoms with Crippen molar-refractivity contribution in [2.24, 2.45) is 0 Å². The van der Waals surface area contributed by atoms with Gasteiger partial charge in [0.15, 0.2) is 0 Å². The molecule has 1 N–H and O–H groups in total. The van der Waals surface area contributed by atoms with Gasteiger partial charge in [0.2, 0.25) is 0 Å². The molecule has 210 valence electrons. The van der Waals surface area contributed by atoms with E-state index in [9.17, 15) is 44.3 Å². The first kappa shape index (κ1) is 29.3. The Morgan fingerprint density at radius 2 is 1.37 bits per heavy atom. The average Bonchev–Trinajstić information content (AvgIpc) is 2.78. The lowest BCUT2D eigenvalue weighted by molar-refractivity contribution is -0.171. The zero-order valence-corrected chi connectivity index (χ0v) is 20.4. The number of aromatic nitrogens is 2. The van der Waals surface area contributed by atoms with Crippen LogP contribution in [-0.4, -0.2) is 48.2 Å². The molecule has 1 aromatic heterocycles. The molecule has 1 saturated carbocycles. The van der Waals surface area contributed by atoms with Gasteiger partial charge in [-0.1, -0.05) is 0 Å². The fraction of sp³-hybridized carbons (Fsp3) is 0.522. The van der Waals surface area contributed by atoms with Gasteiger partial charge in [0.1, 0.15) is 17.5 Å². The predicted octanol–water partition coefficient (Wildman–Crippen LogP) is 6.21. The first-order valence-corrected chi connectivity index (χ1v) is 11.4. The second-order valence-corrected chi connectivity index (χ2v) is 9.14. The fourth-order valence-corrected chi connectivity index (χ4v) is 4.25. The van der Waals surface area contributed by atoms with E-state index in [4.69, 9.17) is 0 Å². The highest BCUT2D eigenvalue weighted by Crippen LogP contribution is 2.41. The maximum Gasteiger partial charge on any atom is 0.471 e. The number of nitrogens with one attached hydrogen (secondary N) is 1. The summed E-state index contributed by atoms with van der Waals surface area (Å²) in [5.74, 6) is -1.04. The molecular formula is C23H24F9N5O. The second kappa shape index (κ2) is 10.5. The fourth-order valence-electron chi connectivity index (χ4n) is 4.25. The molecule has 38 heavy (non-hydrogen) atoms. The molecule has 6 nitrogen and oxygen atoms in total. The van der Waals surface area contributed by atoms with Crippen LogP contribution in [0.15, 0.2) is 24.3 Å². The summed E-state index contributed by atoms with van der Waals surface area (Å²) in [4.78, 5) is 22.6. The zero-order chi connectivity index (χ0) is 28.6. The quantitative estimate of drug-likeness (QED) is 0.444. The zero-order valence-electron chi connectivity index (χ0n) is 20.4. The van der Waals surface area contributed by atoms with Gasteiger partial charge >= 0.3 is 24.4 Å². The van der Waals surface area contributed by atoms with Crippen LogP contribution in [0.25, 0.3) is 0 Å². The molecule has 1 aliphatic carbocycles. The Labute approximate surface area is 211 Å². The molecule has 0 aliphatic heterocycles. The predicted molar refractivity (Wildman–Crippen MR) is 121 cm³/mol. The van der Waals surface area contributed by atoms with Gasteiger partial charge in [-0.15, -0.1) is 0 Å². The minimum atomic E-state index is -5.53. The Morgan fingerprint density at radius 1 is 0.842 bits per heavy atom. The molecule has 2 aromatic rings. The van der Waals surface area contributed by atoms with Gasteiger partial charge in [-0.05, 0) is 50.8 Å². The Kier molecular flexibility index (Phi) is 8.08. The Balaban J connectivity index is 1.91. The van der Waals surface area contributed by atoms with Crippen LogP contribution in [0.3, 0.4) is 0 Å². The lowest BCUT2D eigenvalue weighted by Crippen LogP contribution is -2.49. The van der Waals surface area contributed by atoms with Crippen molar-refractivity contribution < 1.29 is 44.3 Å². The van der Waals surface area contributed by atoms with E-state index < -0.39 is 47.3 Å². The highest BCUT2D eigenvalue weighted by molar-refractivity contribution is 5.98. The number of benzene rings is 1. The van der Waals surface area contributed by atoms with E-state index in [0.717, 1.165) is 0 Å². The van der Waals surface area contributed by atoms with Crippen molar-refractivity contribution >= 4 is 23.2 Å². The molecule has 1 heterocycles. The number of anilines is 3. The Hall–Kier alpha value is -3.26. The molecule has 0 bridgehead atoms. The second-order valence-electron chi connectivity index (χ2n) is 9.14. The number of hydrogen-bond donors (Lipinski definition) is 1. The van der Waals surface area contributed by atoms with E-state index in [-0.39, 0.29) is 54.8 Å². The molecular weight excluding hydrogens is 533 g/mol. The topological polar surface area (TPSA) is 61.4 Å². The Bertz CT molecular complexity index is 1120. The maximum absolute atomic E-state index is 13.4. The largest absolute Gasteiger partial charge is 0.471 e. The first-order valence-electron chi connectivity index (χ1n) is 11.4. The van der Waals surface area contributed by atoms with Gasteiger partial charge < -0.3 is 15.1 Å². The van der Waals surface area contributed by atoms with Crippen molar-refractivity contribution in [3.05, 3.63) is 41.2 Å². The smallest absolute Gasteiger partial charge is 0.367 e. The molecule has 1 aromatic carbocycles. The molecule has 0 atom stereocenters. The van der Waals surface area contributed by atoms with Gasteiger partial charge in [0, 0.05) is 37.9 Å². The van der Waals surface area contributed by atoms with E-state index in [1.807, 2.05) is 0 Å². The summed E-state index contributed by atoms with van der Waals surface area (Å²) in [6.45, 7) is 1.67. The maximum atomic E-state index is 13.4. The summed E-state index contributed by atoms with van der Waals surface area (Å²) in [6.07, 6.45) is -16.0. The van der Waals surface area contributed by atoms with Crippen LogP contribution in [0, 0.1) is 6.92 Å². The van der Waals surface area contributed by atoms with Crippen LogP contribution in [0.5, 0.6) is 0 Å². The third kappa shape index (κ3) is 6.98. The highest BCUT2D eigenvalue weighted by Gasteiger charge is 2.47. The van der Waals surface area contributed by atoms with Crippen molar-refractivity contribution in [3.63, 3.8) is 0 Å². The van der Waals surface area contributed by atoms with Crippen LogP contribution in [0.2, 0.25) is 0 Å². The van der Waals surface area contributed by atoms with Gasteiger partial charge in [-0.2, -0.15) is 39.5 Å². The van der Waals surface area contributed by atoms with Crippen LogP contribution in [0.1, 0.15) is 42.6 Å². The molecule has 0 unspecified atom stereocenters. The van der Waals surface area contributed by atoms with Gasteiger partial charge in [0.25, 0.3) is 0 Å². The van der Waals surface area contributed by atoms with Gasteiger partial charge in [-0.3, -0.25) is 4.79 Å². The number of hydrogen-bond acceptors (Lipinski definition) is 5. The Morgan fingerprint density at radius 3 is 1.82 bits per heavy atom. The minimum Gasteiger partial charge on any atom is -0.367 e. The molecule has 0 saturated heterocycles. The van der Waals surface area contributed by atoms with Crippen LogP contribution >= 0.6 is 0 Å². The lowest BCUT2D eigenvalue weighted by atomic mass is 9.89. The SMILES string of the molecule is Cc1nc(NC2CCC(N(C(=O)C(F)(F)F)c3cc(C(F)(F)F)cc(C(F)(F)F)c3)CC2)cc(N(C)C)n1. The molecule has 3 rings (SSSR count). The van der Waals surface area contributed by atoms with Crippen LogP contribution in [-0.2, 0) is 17.1 Å². The highest BCUT2D eigenvalue weighted by atomic mass is 19.4. The number of carbonyl (C=O) groups excluding carboxylic acids is 1. The number of rotatable bonds is 5. The minimum absolute atomic E-state index is 0.0136. The number of alkyl halides is 9. The number of nitrogens with zero attached hydrogens (tertiary/aromatic N) is 4. The van der Waals surface area contributed by atoms with Crippen molar-refractivity contribution in [1.29, 1.82) is 0 Å². The summed E-state index contributed by atoms with van der Waals surface area (Å²) in [6, 6.07) is 0.124. The van der Waals surface area contributed by atoms with Crippen molar-refractivity contribution in [2.75, 3.05) is 29.2 Å². The molecule has 0 spiro atoms. The lowest BCUT2D eigenvalue weighted by Gasteiger charge is -2.38. The summed E-state index contributed by atoms with van der Waals surface area (Å²) in [5, 5.41) is 3.13. The van der Waals surface area contributed by atoms with Crippen molar-refractivity contribution in [2.45, 2.75) is 63.2 Å². The summed E-state index contributed by atoms with van der Waals surface area (Å²) in [5.41, 5.74) is -4.74. The van der Waals surface area contributed by atoms with E-state index in [2.05, 4.69) is 15.3 Å². The van der Waals surface area contributed by atoms with Crippen molar-refractivity contribution in [3.8, 4) is 0 Å². The van der Waals surface area contributed by atoms with Crippen LogP contribution < -0.4 is 15.1 Å². The third-order valence-corrected chi connectivity index (χ3v) is 6.01. The number of aryl methyl sites for hydroxylation is 1. The van der Waals surface area contributed by atoms with E-state index in [0.29, 0.717) is 17.5 Å². The summed E-state index contributed by atoms with van der Waals surface area (Å²) < 4.78 is 120. The molecule has 1 fully saturated rings. The summed E-state index contributed by atoms with van der Waals surface area (Å²) in [7, 11) is 3.53. The molecule has 0 radical (unpaired) electrons. The van der Waals surface area contributed by atoms with E-state index in [1.54, 1.807) is 32.0 Å². The van der Waals surface area contributed by atoms with Crippen LogP contribution in [0.4, 0.5) is 56.8 Å². The van der Waals surface area contributed by atoms with Gasteiger partial charge in [-0.25, -0.2) is 9.97 Å². The monoisotopic (exact) mass is 557 g/mol. The van der Waals surface area contributed by atoms with E-state index >= 15 is 0 Å². The number of halogens is 9. The molecule has 1 amide bonds. The first-order chi connectivity index (χ1) is 17.4. The average molecular weight is 557 g/mol. The normalized spacial score (nSPS) is 18.7. The van der Waals surface area contributed by atoms with Gasteiger partial charge in [0.05, 0.1) is 11.1 Å². The van der Waals surface area contributed by atoms with Crippen molar-refractivity contribution in [1.82, 2.24) is 9.97 Å². The van der Waals surface area contributed by atoms with E-state index in [1.165, 1.54) is 0 Å². The standard InChI is InChI=1S/C23H24F9N5O/c1-12-33-18(11-19(34-12)36(2)3)35-15-4-6-16(7-5-15)37(20(38)23(30,31)32)17-9-13(21(24,25)26)8-14(10-17)22(27,28)29/h8-11,15-16H,4-7H2,1-3H3,(H,33,34,35). The molecule has 15 heteroatoms.